The third kappa shape index (κ3) is 8.23. The van der Waals surface area contributed by atoms with Gasteiger partial charge < -0.3 is 10.2 Å². The predicted octanol–water partition coefficient (Wildman–Crippen LogP) is 6.46. The number of halogens is 3. The van der Waals surface area contributed by atoms with Gasteiger partial charge in [-0.15, -0.1) is 11.8 Å². The third-order valence-corrected chi connectivity index (χ3v) is 6.42. The summed E-state index contributed by atoms with van der Waals surface area (Å²) in [4.78, 5) is 28.7. The van der Waals surface area contributed by atoms with Crippen LogP contribution in [-0.2, 0) is 16.1 Å². The molecule has 0 aliphatic carbocycles. The Labute approximate surface area is 203 Å². The highest BCUT2D eigenvalue weighted by atomic mass is 35.5. The summed E-state index contributed by atoms with van der Waals surface area (Å²) >= 11 is 19.9. The van der Waals surface area contributed by atoms with Gasteiger partial charge in [0.2, 0.25) is 11.8 Å². The van der Waals surface area contributed by atoms with Crippen molar-refractivity contribution < 1.29 is 9.59 Å². The van der Waals surface area contributed by atoms with E-state index in [4.69, 9.17) is 34.8 Å². The maximum Gasteiger partial charge on any atom is 0.243 e. The lowest BCUT2D eigenvalue weighted by molar-refractivity contribution is -0.141. The molecule has 0 saturated carbocycles. The first-order chi connectivity index (χ1) is 14.7. The molecule has 2 aromatic rings. The van der Waals surface area contributed by atoms with Crippen molar-refractivity contribution in [2.45, 2.75) is 57.1 Å². The molecular weight excluding hydrogens is 475 g/mol. The van der Waals surface area contributed by atoms with Crippen molar-refractivity contribution in [2.75, 3.05) is 5.75 Å². The molecule has 0 saturated heterocycles. The number of carbonyl (C=O) groups excluding carboxylic acids is 2. The normalized spacial score (nSPS) is 12.0. The van der Waals surface area contributed by atoms with Gasteiger partial charge in [0.05, 0.1) is 0 Å². The Morgan fingerprint density at radius 3 is 2.26 bits per heavy atom. The van der Waals surface area contributed by atoms with Gasteiger partial charge in [-0.3, -0.25) is 9.59 Å². The van der Waals surface area contributed by atoms with Gasteiger partial charge in [-0.2, -0.15) is 0 Å². The predicted molar refractivity (Wildman–Crippen MR) is 131 cm³/mol. The number of hydrogen-bond acceptors (Lipinski definition) is 3. The van der Waals surface area contributed by atoms with E-state index in [2.05, 4.69) is 5.32 Å². The van der Waals surface area contributed by atoms with E-state index in [-0.39, 0.29) is 24.4 Å². The second kappa shape index (κ2) is 12.6. The van der Waals surface area contributed by atoms with Gasteiger partial charge in [-0.1, -0.05) is 47.8 Å². The number of nitrogens with one attached hydrogen (secondary N) is 1. The van der Waals surface area contributed by atoms with E-state index in [1.165, 1.54) is 0 Å². The van der Waals surface area contributed by atoms with Crippen molar-refractivity contribution in [3.63, 3.8) is 0 Å². The molecule has 2 amide bonds. The van der Waals surface area contributed by atoms with Gasteiger partial charge in [-0.05, 0) is 62.2 Å². The van der Waals surface area contributed by atoms with Crippen LogP contribution in [0.15, 0.2) is 47.4 Å². The SMILES string of the molecule is CC[C@@H](C(=O)NC(C)C)N(Cc1ccc(Cl)cc1Cl)C(=O)CCSc1ccc(Cl)cc1. The van der Waals surface area contributed by atoms with E-state index in [1.807, 2.05) is 45.0 Å². The van der Waals surface area contributed by atoms with Crippen LogP contribution in [0.5, 0.6) is 0 Å². The average molecular weight is 502 g/mol. The molecule has 168 valence electrons. The summed E-state index contributed by atoms with van der Waals surface area (Å²) in [6.45, 7) is 5.94. The molecule has 0 aliphatic heterocycles. The van der Waals surface area contributed by atoms with E-state index >= 15 is 0 Å². The van der Waals surface area contributed by atoms with E-state index in [0.29, 0.717) is 33.7 Å². The Morgan fingerprint density at radius 1 is 1.03 bits per heavy atom. The van der Waals surface area contributed by atoms with Gasteiger partial charge in [0, 0.05) is 44.7 Å². The van der Waals surface area contributed by atoms with Gasteiger partial charge in [0.15, 0.2) is 0 Å². The zero-order valence-electron chi connectivity index (χ0n) is 17.8. The molecule has 2 rings (SSSR count). The van der Waals surface area contributed by atoms with Crippen LogP contribution in [0, 0.1) is 0 Å². The summed E-state index contributed by atoms with van der Waals surface area (Å²) in [6.07, 6.45) is 0.795. The van der Waals surface area contributed by atoms with Gasteiger partial charge >= 0.3 is 0 Å². The molecule has 0 aromatic heterocycles. The molecular formula is C23H27Cl3N2O2S. The van der Waals surface area contributed by atoms with Crippen LogP contribution in [0.3, 0.4) is 0 Å². The lowest BCUT2D eigenvalue weighted by Gasteiger charge is -2.31. The van der Waals surface area contributed by atoms with Crippen LogP contribution in [0.4, 0.5) is 0 Å². The minimum atomic E-state index is -0.581. The Hall–Kier alpha value is -1.40. The lowest BCUT2D eigenvalue weighted by Crippen LogP contribution is -2.50. The molecule has 0 heterocycles. The summed E-state index contributed by atoms with van der Waals surface area (Å²) < 4.78 is 0. The van der Waals surface area contributed by atoms with Crippen LogP contribution in [-0.4, -0.2) is 34.6 Å². The molecule has 1 atom stereocenters. The molecule has 0 aliphatic rings. The molecule has 4 nitrogen and oxygen atoms in total. The summed E-state index contributed by atoms with van der Waals surface area (Å²) in [5.74, 6) is 0.326. The van der Waals surface area contributed by atoms with Crippen molar-refractivity contribution >= 4 is 58.4 Å². The second-order valence-electron chi connectivity index (χ2n) is 7.40. The minimum absolute atomic E-state index is 0.0157. The third-order valence-electron chi connectivity index (χ3n) is 4.57. The maximum atomic E-state index is 13.2. The van der Waals surface area contributed by atoms with Crippen molar-refractivity contribution in [2.24, 2.45) is 0 Å². The fourth-order valence-corrected chi connectivity index (χ4v) is 4.50. The second-order valence-corrected chi connectivity index (χ2v) is 9.85. The Morgan fingerprint density at radius 2 is 1.68 bits per heavy atom. The van der Waals surface area contributed by atoms with E-state index in [0.717, 1.165) is 10.5 Å². The average Bonchev–Trinajstić information content (AvgIpc) is 2.70. The number of amides is 2. The van der Waals surface area contributed by atoms with Crippen LogP contribution < -0.4 is 5.32 Å². The van der Waals surface area contributed by atoms with Gasteiger partial charge in [0.1, 0.15) is 6.04 Å². The van der Waals surface area contributed by atoms with Crippen molar-refractivity contribution in [3.8, 4) is 0 Å². The fourth-order valence-electron chi connectivity index (χ4n) is 3.06. The number of nitrogens with zero attached hydrogens (tertiary/aromatic N) is 1. The zero-order chi connectivity index (χ0) is 23.0. The molecule has 1 N–H and O–H groups in total. The number of hydrogen-bond donors (Lipinski definition) is 1. The zero-order valence-corrected chi connectivity index (χ0v) is 20.9. The molecule has 31 heavy (non-hydrogen) atoms. The lowest BCUT2D eigenvalue weighted by atomic mass is 10.1. The molecule has 0 unspecified atom stereocenters. The smallest absolute Gasteiger partial charge is 0.243 e. The summed E-state index contributed by atoms with van der Waals surface area (Å²) in [5, 5.41) is 4.59. The Bertz CT molecular complexity index is 891. The van der Waals surface area contributed by atoms with Crippen LogP contribution in [0.2, 0.25) is 15.1 Å². The largest absolute Gasteiger partial charge is 0.352 e. The number of thioether (sulfide) groups is 1. The quantitative estimate of drug-likeness (QED) is 0.380. The Kier molecular flexibility index (Phi) is 10.5. The number of carbonyl (C=O) groups is 2. The first-order valence-electron chi connectivity index (χ1n) is 10.1. The topological polar surface area (TPSA) is 49.4 Å². The van der Waals surface area contributed by atoms with Crippen molar-refractivity contribution in [1.29, 1.82) is 0 Å². The Balaban J connectivity index is 2.16. The minimum Gasteiger partial charge on any atom is -0.352 e. The highest BCUT2D eigenvalue weighted by Crippen LogP contribution is 2.25. The first kappa shape index (κ1) is 25.9. The standard InChI is InChI=1S/C23H27Cl3N2O2S/c1-4-21(23(30)27-15(2)3)28(14-16-5-6-18(25)13-20(16)26)22(29)11-12-31-19-9-7-17(24)8-10-19/h5-10,13,15,21H,4,11-12,14H2,1-3H3,(H,27,30)/t21-/m0/s1. The van der Waals surface area contributed by atoms with E-state index in [1.54, 1.807) is 34.9 Å². The first-order valence-corrected chi connectivity index (χ1v) is 12.2. The molecule has 0 radical (unpaired) electrons. The monoisotopic (exact) mass is 500 g/mol. The summed E-state index contributed by atoms with van der Waals surface area (Å²) in [5.41, 5.74) is 0.751. The molecule has 0 bridgehead atoms. The molecule has 2 aromatic carbocycles. The summed E-state index contributed by atoms with van der Waals surface area (Å²) in [6, 6.07) is 12.1. The van der Waals surface area contributed by atoms with Gasteiger partial charge in [-0.25, -0.2) is 0 Å². The molecule has 0 spiro atoms. The van der Waals surface area contributed by atoms with Crippen molar-refractivity contribution in [1.82, 2.24) is 10.2 Å². The van der Waals surface area contributed by atoms with Crippen LogP contribution in [0.1, 0.15) is 39.2 Å². The van der Waals surface area contributed by atoms with Crippen LogP contribution >= 0.6 is 46.6 Å². The molecule has 8 heteroatoms. The number of rotatable bonds is 10. The highest BCUT2D eigenvalue weighted by molar-refractivity contribution is 7.99. The van der Waals surface area contributed by atoms with Gasteiger partial charge in [0.25, 0.3) is 0 Å². The van der Waals surface area contributed by atoms with Crippen LogP contribution in [0.25, 0.3) is 0 Å². The summed E-state index contributed by atoms with van der Waals surface area (Å²) in [7, 11) is 0. The number of benzene rings is 2. The maximum absolute atomic E-state index is 13.2. The van der Waals surface area contributed by atoms with E-state index < -0.39 is 6.04 Å². The van der Waals surface area contributed by atoms with E-state index in [9.17, 15) is 9.59 Å². The fraction of sp³-hybridized carbons (Fsp3) is 0.391. The molecule has 0 fully saturated rings. The van der Waals surface area contributed by atoms with Crippen molar-refractivity contribution in [3.05, 3.63) is 63.1 Å². The highest BCUT2D eigenvalue weighted by Gasteiger charge is 2.29.